The summed E-state index contributed by atoms with van der Waals surface area (Å²) in [5.41, 5.74) is 17.9. The normalized spacial score (nSPS) is 14.0. The van der Waals surface area contributed by atoms with E-state index < -0.39 is 0 Å². The predicted octanol–water partition coefficient (Wildman–Crippen LogP) is 3.65. The van der Waals surface area contributed by atoms with Gasteiger partial charge in [-0.2, -0.15) is 0 Å². The number of aryl methyl sites for hydroxylation is 1. The second-order valence-corrected chi connectivity index (χ2v) is 7.86. The van der Waals surface area contributed by atoms with Gasteiger partial charge in [-0.1, -0.05) is 12.1 Å². The Balaban J connectivity index is 1.66. The molecule has 7 heteroatoms. The fraction of sp³-hybridized carbons (Fsp3) is 0.304. The molecular formula is C23H28N6O. The van der Waals surface area contributed by atoms with E-state index in [0.717, 1.165) is 35.6 Å². The molecule has 2 heterocycles. The van der Waals surface area contributed by atoms with Gasteiger partial charge in [0.05, 0.1) is 17.1 Å². The summed E-state index contributed by atoms with van der Waals surface area (Å²) >= 11 is 0. The first-order valence-electron chi connectivity index (χ1n) is 10.3. The fourth-order valence-electron chi connectivity index (χ4n) is 3.94. The van der Waals surface area contributed by atoms with Crippen molar-refractivity contribution in [3.8, 4) is 11.3 Å². The smallest absolute Gasteiger partial charge is 0.293 e. The largest absolute Gasteiger partial charge is 0.398 e. The lowest BCUT2D eigenvalue weighted by Crippen LogP contribution is -2.30. The molecule has 0 radical (unpaired) electrons. The zero-order valence-electron chi connectivity index (χ0n) is 17.5. The molecule has 2 aromatic carbocycles. The lowest BCUT2D eigenvalue weighted by molar-refractivity contribution is 0.578. The van der Waals surface area contributed by atoms with Gasteiger partial charge in [0.25, 0.3) is 5.56 Å². The van der Waals surface area contributed by atoms with Gasteiger partial charge in [-0.05, 0) is 56.0 Å². The number of nitrogens with zero attached hydrogens (tertiary/aromatic N) is 3. The van der Waals surface area contributed by atoms with E-state index in [4.69, 9.17) is 11.5 Å². The van der Waals surface area contributed by atoms with E-state index in [9.17, 15) is 4.79 Å². The Morgan fingerprint density at radius 3 is 2.53 bits per heavy atom. The van der Waals surface area contributed by atoms with Crippen LogP contribution in [0.15, 0.2) is 47.4 Å². The van der Waals surface area contributed by atoms with Gasteiger partial charge >= 0.3 is 0 Å². The lowest BCUT2D eigenvalue weighted by Gasteiger charge is -2.30. The Hall–Kier alpha value is -3.48. The number of nitrogens with two attached hydrogens (primary N) is 2. The predicted molar refractivity (Wildman–Crippen MR) is 124 cm³/mol. The average molecular weight is 405 g/mol. The van der Waals surface area contributed by atoms with Crippen LogP contribution in [0.5, 0.6) is 0 Å². The van der Waals surface area contributed by atoms with Crippen LogP contribution in [-0.2, 0) is 7.05 Å². The first-order valence-corrected chi connectivity index (χ1v) is 10.3. The lowest BCUT2D eigenvalue weighted by atomic mass is 10.0. The quantitative estimate of drug-likeness (QED) is 0.574. The van der Waals surface area contributed by atoms with Crippen LogP contribution in [0.4, 0.5) is 28.6 Å². The van der Waals surface area contributed by atoms with Crippen molar-refractivity contribution < 1.29 is 0 Å². The van der Waals surface area contributed by atoms with Crippen LogP contribution < -0.4 is 27.2 Å². The number of benzene rings is 2. The van der Waals surface area contributed by atoms with Crippen LogP contribution in [0.1, 0.15) is 24.8 Å². The minimum absolute atomic E-state index is 0.209. The standard InChI is InChI=1S/C23H28N6O/c1-15-17(7-6-8-18(15)24)20-14-28(2)23(30)22(27-20)26-16-9-10-21(19(25)13-16)29-11-4-3-5-12-29/h6-10,13-14H,3-5,11-12,24-25H2,1-2H3,(H,26,27). The molecule has 30 heavy (non-hydrogen) atoms. The highest BCUT2D eigenvalue weighted by Gasteiger charge is 2.15. The number of hydrogen-bond acceptors (Lipinski definition) is 6. The molecule has 0 saturated carbocycles. The first-order chi connectivity index (χ1) is 14.4. The maximum absolute atomic E-state index is 12.7. The summed E-state index contributed by atoms with van der Waals surface area (Å²) in [4.78, 5) is 19.6. The van der Waals surface area contributed by atoms with Crippen molar-refractivity contribution in [3.05, 3.63) is 58.5 Å². The van der Waals surface area contributed by atoms with Crippen molar-refractivity contribution in [2.45, 2.75) is 26.2 Å². The van der Waals surface area contributed by atoms with E-state index in [2.05, 4.69) is 15.2 Å². The van der Waals surface area contributed by atoms with Crippen LogP contribution in [0.25, 0.3) is 11.3 Å². The number of anilines is 5. The van der Waals surface area contributed by atoms with Gasteiger partial charge in [-0.25, -0.2) is 4.98 Å². The van der Waals surface area contributed by atoms with E-state index in [1.807, 2.05) is 43.3 Å². The van der Waals surface area contributed by atoms with E-state index in [1.165, 1.54) is 23.8 Å². The van der Waals surface area contributed by atoms with Crippen LogP contribution in [0.2, 0.25) is 0 Å². The molecule has 0 spiro atoms. The molecule has 156 valence electrons. The molecule has 4 rings (SSSR count). The van der Waals surface area contributed by atoms with Gasteiger partial charge in [-0.3, -0.25) is 4.79 Å². The summed E-state index contributed by atoms with van der Waals surface area (Å²) in [5, 5.41) is 3.15. The molecule has 1 saturated heterocycles. The van der Waals surface area contributed by atoms with Gasteiger partial charge in [0, 0.05) is 43.3 Å². The minimum Gasteiger partial charge on any atom is -0.398 e. The zero-order valence-corrected chi connectivity index (χ0v) is 17.5. The van der Waals surface area contributed by atoms with Gasteiger partial charge < -0.3 is 26.3 Å². The van der Waals surface area contributed by atoms with Crippen molar-refractivity contribution in [2.75, 3.05) is 34.8 Å². The van der Waals surface area contributed by atoms with Crippen molar-refractivity contribution in [3.63, 3.8) is 0 Å². The third-order valence-electron chi connectivity index (χ3n) is 5.71. The molecule has 0 unspecified atom stereocenters. The summed E-state index contributed by atoms with van der Waals surface area (Å²) in [6.45, 7) is 4.01. The van der Waals surface area contributed by atoms with Gasteiger partial charge in [0.15, 0.2) is 5.82 Å². The molecular weight excluding hydrogens is 376 g/mol. The second kappa shape index (κ2) is 8.10. The fourth-order valence-corrected chi connectivity index (χ4v) is 3.94. The molecule has 3 aromatic rings. The van der Waals surface area contributed by atoms with E-state index >= 15 is 0 Å². The Morgan fingerprint density at radius 2 is 1.80 bits per heavy atom. The maximum Gasteiger partial charge on any atom is 0.293 e. The molecule has 1 aliphatic rings. The molecule has 0 aliphatic carbocycles. The van der Waals surface area contributed by atoms with Gasteiger partial charge in [0.1, 0.15) is 0 Å². The molecule has 5 N–H and O–H groups in total. The zero-order chi connectivity index (χ0) is 21.3. The monoisotopic (exact) mass is 404 g/mol. The Kier molecular flexibility index (Phi) is 5.35. The Labute approximate surface area is 176 Å². The van der Waals surface area contributed by atoms with E-state index in [-0.39, 0.29) is 11.4 Å². The highest BCUT2D eigenvalue weighted by Crippen LogP contribution is 2.30. The number of hydrogen-bond donors (Lipinski definition) is 3. The summed E-state index contributed by atoms with van der Waals surface area (Å²) in [7, 11) is 1.72. The van der Waals surface area contributed by atoms with Crippen LogP contribution in [-0.4, -0.2) is 22.6 Å². The minimum atomic E-state index is -0.209. The van der Waals surface area contributed by atoms with E-state index in [0.29, 0.717) is 17.1 Å². The first kappa shape index (κ1) is 19.8. The topological polar surface area (TPSA) is 102 Å². The molecule has 0 atom stereocenters. The average Bonchev–Trinajstić information content (AvgIpc) is 2.74. The van der Waals surface area contributed by atoms with Crippen molar-refractivity contribution in [2.24, 2.45) is 7.05 Å². The summed E-state index contributed by atoms with van der Waals surface area (Å²) in [6, 6.07) is 11.5. The molecule has 1 aliphatic heterocycles. The van der Waals surface area contributed by atoms with Crippen LogP contribution in [0.3, 0.4) is 0 Å². The van der Waals surface area contributed by atoms with Crippen molar-refractivity contribution in [1.29, 1.82) is 0 Å². The number of nitrogen functional groups attached to an aromatic ring is 2. The number of rotatable bonds is 4. The molecule has 7 nitrogen and oxygen atoms in total. The van der Waals surface area contributed by atoms with Gasteiger partial charge in [0.2, 0.25) is 0 Å². The molecule has 0 amide bonds. The third-order valence-corrected chi connectivity index (χ3v) is 5.71. The van der Waals surface area contributed by atoms with E-state index in [1.54, 1.807) is 13.2 Å². The maximum atomic E-state index is 12.7. The summed E-state index contributed by atoms with van der Waals surface area (Å²) < 4.78 is 1.53. The summed E-state index contributed by atoms with van der Waals surface area (Å²) in [5.74, 6) is 0.252. The number of piperidine rings is 1. The molecule has 1 fully saturated rings. The second-order valence-electron chi connectivity index (χ2n) is 7.86. The number of aromatic nitrogens is 2. The molecule has 0 bridgehead atoms. The van der Waals surface area contributed by atoms with Crippen LogP contribution in [0, 0.1) is 6.92 Å². The third kappa shape index (κ3) is 3.83. The SMILES string of the molecule is Cc1c(N)cccc1-c1cn(C)c(=O)c(Nc2ccc(N3CCCCC3)c(N)c2)n1. The molecule has 1 aromatic heterocycles. The van der Waals surface area contributed by atoms with Crippen molar-refractivity contribution >= 4 is 28.6 Å². The highest BCUT2D eigenvalue weighted by molar-refractivity contribution is 5.75. The Morgan fingerprint density at radius 1 is 1.03 bits per heavy atom. The van der Waals surface area contributed by atoms with Crippen molar-refractivity contribution in [1.82, 2.24) is 9.55 Å². The number of nitrogens with one attached hydrogen (secondary N) is 1. The van der Waals surface area contributed by atoms with Gasteiger partial charge in [-0.15, -0.1) is 0 Å². The van der Waals surface area contributed by atoms with Crippen LogP contribution >= 0.6 is 0 Å². The Bertz CT molecular complexity index is 1130. The highest BCUT2D eigenvalue weighted by atomic mass is 16.1. The summed E-state index contributed by atoms with van der Waals surface area (Å²) in [6.07, 6.45) is 5.38.